The van der Waals surface area contributed by atoms with E-state index >= 15 is 0 Å². The van der Waals surface area contributed by atoms with E-state index in [1.807, 2.05) is 37.4 Å². The molecule has 2 saturated heterocycles. The average molecular weight is 821 g/mol. The zero-order valence-electron chi connectivity index (χ0n) is 32.3. The van der Waals surface area contributed by atoms with Gasteiger partial charge in [0.05, 0.1) is 23.9 Å². The summed E-state index contributed by atoms with van der Waals surface area (Å²) in [6.45, 7) is 2.19. The summed E-state index contributed by atoms with van der Waals surface area (Å²) in [6, 6.07) is 16.6. The largest absolute Gasteiger partial charge is 0.424 e. The minimum atomic E-state index is -3.17. The molecule has 0 atom stereocenters. The lowest BCUT2D eigenvalue weighted by Gasteiger charge is -2.35. The Hall–Kier alpha value is -5.34. The maximum absolute atomic E-state index is 12.7. The summed E-state index contributed by atoms with van der Waals surface area (Å²) in [5, 5.41) is 3.15. The van der Waals surface area contributed by atoms with Crippen LogP contribution in [0.4, 0.5) is 9.59 Å². The van der Waals surface area contributed by atoms with Gasteiger partial charge < -0.3 is 15.0 Å². The number of carbonyl (C=O) groups is 2. The Morgan fingerprint density at radius 2 is 1.16 bits per heavy atom. The van der Waals surface area contributed by atoms with Gasteiger partial charge in [0.1, 0.15) is 18.4 Å². The van der Waals surface area contributed by atoms with Gasteiger partial charge in [0.15, 0.2) is 0 Å². The fourth-order valence-corrected chi connectivity index (χ4v) is 7.96. The predicted octanol–water partition coefficient (Wildman–Crippen LogP) is 3.89. The third-order valence-corrected chi connectivity index (χ3v) is 12.2. The molecular weight excluding hydrogens is 773 g/mol. The van der Waals surface area contributed by atoms with Gasteiger partial charge in [-0.1, -0.05) is 18.2 Å². The number of ether oxygens (including phenoxy) is 1. The second kappa shape index (κ2) is 19.7. The molecule has 1 amide bonds. The van der Waals surface area contributed by atoms with E-state index in [-0.39, 0.29) is 12.1 Å². The van der Waals surface area contributed by atoms with Gasteiger partial charge in [-0.15, -0.1) is 0 Å². The summed E-state index contributed by atoms with van der Waals surface area (Å²) in [6.07, 6.45) is 18.0. The van der Waals surface area contributed by atoms with Crippen LogP contribution in [0.25, 0.3) is 22.5 Å². The first-order chi connectivity index (χ1) is 27.2. The molecule has 4 aromatic heterocycles. The number of hydrogen-bond acceptors (Lipinski definition) is 12. The zero-order valence-corrected chi connectivity index (χ0v) is 34.0. The van der Waals surface area contributed by atoms with Crippen molar-refractivity contribution in [2.75, 3.05) is 52.8 Å². The van der Waals surface area contributed by atoms with Gasteiger partial charge in [-0.2, -0.15) is 0 Å². The van der Waals surface area contributed by atoms with Crippen molar-refractivity contribution in [3.8, 4) is 28.3 Å². The first kappa shape index (κ1) is 42.8. The molecule has 1 aromatic carbocycles. The second-order valence-corrected chi connectivity index (χ2v) is 17.5. The fraction of sp³-hybridized carbons (Fsp3) is 0.368. The van der Waals surface area contributed by atoms with Gasteiger partial charge in [-0.25, -0.2) is 49.6 Å². The minimum Gasteiger partial charge on any atom is -0.410 e. The number of imidazole rings is 2. The minimum absolute atomic E-state index is 0.0114. The number of amides is 1. The summed E-state index contributed by atoms with van der Waals surface area (Å²) in [5.41, 5.74) is 3.19. The molecule has 0 spiro atoms. The Morgan fingerprint density at radius 3 is 1.63 bits per heavy atom. The number of benzene rings is 1. The van der Waals surface area contributed by atoms with Crippen LogP contribution in [0.15, 0.2) is 104 Å². The molecule has 2 fully saturated rings. The maximum atomic E-state index is 12.7. The van der Waals surface area contributed by atoms with E-state index in [4.69, 9.17) is 4.74 Å². The lowest BCUT2D eigenvalue weighted by Crippen LogP contribution is -2.47. The highest BCUT2D eigenvalue weighted by Gasteiger charge is 2.29. The molecule has 1 N–H and O–H groups in total. The van der Waals surface area contributed by atoms with Crippen LogP contribution in [0.2, 0.25) is 0 Å². The van der Waals surface area contributed by atoms with Crippen LogP contribution in [0.1, 0.15) is 25.7 Å². The lowest BCUT2D eigenvalue weighted by atomic mass is 10.1. The van der Waals surface area contributed by atoms with Gasteiger partial charge in [0, 0.05) is 93.6 Å². The molecule has 6 heterocycles. The van der Waals surface area contributed by atoms with Crippen molar-refractivity contribution in [3.05, 3.63) is 104 Å². The Kier molecular flexibility index (Phi) is 14.8. The van der Waals surface area contributed by atoms with Crippen LogP contribution < -0.4 is 10.1 Å². The highest BCUT2D eigenvalue weighted by Crippen LogP contribution is 2.21. The number of piperidine rings is 2. The van der Waals surface area contributed by atoms with E-state index in [0.29, 0.717) is 62.2 Å². The Balaban J connectivity index is 0.000000173. The second-order valence-electron chi connectivity index (χ2n) is 13.5. The molecule has 17 nitrogen and oxygen atoms in total. The zero-order chi connectivity index (χ0) is 41.0. The first-order valence-corrected chi connectivity index (χ1v) is 21.9. The molecule has 0 radical (unpaired) electrons. The molecule has 57 heavy (non-hydrogen) atoms. The molecule has 304 valence electrons. The number of nitrogens with zero attached hydrogens (tertiary/aromatic N) is 9. The number of carbonyl (C=O) groups excluding carboxylic acids is 2. The molecule has 0 saturated carbocycles. The Bertz CT molecular complexity index is 2260. The smallest absolute Gasteiger partial charge is 0.410 e. The van der Waals surface area contributed by atoms with Crippen LogP contribution in [0.5, 0.6) is 5.75 Å². The summed E-state index contributed by atoms with van der Waals surface area (Å²) in [5.74, 6) is 0.497. The molecule has 2 aliphatic rings. The highest BCUT2D eigenvalue weighted by molar-refractivity contribution is 7.88. The molecule has 0 bridgehead atoms. The van der Waals surface area contributed by atoms with E-state index < -0.39 is 26.1 Å². The monoisotopic (exact) mass is 820 g/mol. The number of aromatic nitrogens is 6. The molecular formula is C38H48N10O7S2. The van der Waals surface area contributed by atoms with Gasteiger partial charge in [-0.3, -0.25) is 14.5 Å². The molecule has 2 aliphatic heterocycles. The van der Waals surface area contributed by atoms with E-state index in [9.17, 15) is 26.4 Å². The molecule has 19 heteroatoms. The molecule has 0 aliphatic carbocycles. The third-order valence-electron chi connectivity index (χ3n) is 9.57. The summed E-state index contributed by atoms with van der Waals surface area (Å²) < 4.78 is 56.3. The average Bonchev–Trinajstić information content (AvgIpc) is 3.93. The number of sulfonamides is 2. The molecule has 0 unspecified atom stereocenters. The van der Waals surface area contributed by atoms with Crippen LogP contribution in [-0.4, -0.2) is 136 Å². The lowest BCUT2D eigenvalue weighted by molar-refractivity contribution is 0.164. The highest BCUT2D eigenvalue weighted by atomic mass is 32.2. The quantitative estimate of drug-likeness (QED) is 0.249. The summed E-state index contributed by atoms with van der Waals surface area (Å²) >= 11 is 0. The van der Waals surface area contributed by atoms with E-state index in [0.717, 1.165) is 24.0 Å². The normalized spacial score (nSPS) is 15.7. The van der Waals surface area contributed by atoms with Crippen LogP contribution >= 0.6 is 0 Å². The van der Waals surface area contributed by atoms with Crippen molar-refractivity contribution in [2.24, 2.45) is 0 Å². The van der Waals surface area contributed by atoms with Gasteiger partial charge in [0.25, 0.3) is 0 Å². The summed E-state index contributed by atoms with van der Waals surface area (Å²) in [4.78, 5) is 42.7. The van der Waals surface area contributed by atoms with Crippen LogP contribution in [0.3, 0.4) is 0 Å². The molecule has 7 rings (SSSR count). The first-order valence-electron chi connectivity index (χ1n) is 18.2. The van der Waals surface area contributed by atoms with Crippen molar-refractivity contribution in [1.82, 2.24) is 47.9 Å². The van der Waals surface area contributed by atoms with Crippen molar-refractivity contribution in [1.29, 1.82) is 0 Å². The van der Waals surface area contributed by atoms with Gasteiger partial charge in [-0.05, 0) is 69.1 Å². The van der Waals surface area contributed by atoms with Crippen LogP contribution in [-0.2, 0) is 20.0 Å². The standard InChI is InChI=1S/C16H21N5O3S.C15H11N3O2.C7H16N2O2S/c1-19(14-5-9-21(10-6-14)25(2,23)24)16(22)20-11-15(18-12-20)13-3-7-17-8-4-13;19-15(20-13-4-2-1-3-5-13)18-10-14(17-11-18)12-6-8-16-9-7-12;1-8-7-3-5-9(6-4-7)12(2,10)11/h3-4,7-8,11-12,14H,5-6,9-10H2,1-2H3;1-11H;7-8H,3-6H2,1-2H3. The number of pyridine rings is 2. The third kappa shape index (κ3) is 12.3. The predicted molar refractivity (Wildman–Crippen MR) is 215 cm³/mol. The van der Waals surface area contributed by atoms with E-state index in [1.165, 1.54) is 38.6 Å². The number of para-hydroxylation sites is 1. The van der Waals surface area contributed by atoms with E-state index in [2.05, 4.69) is 25.3 Å². The summed E-state index contributed by atoms with van der Waals surface area (Å²) in [7, 11) is -2.45. The van der Waals surface area contributed by atoms with Crippen molar-refractivity contribution < 1.29 is 31.2 Å². The number of nitrogens with one attached hydrogen (secondary N) is 1. The molecule has 5 aromatic rings. The van der Waals surface area contributed by atoms with Crippen molar-refractivity contribution in [3.63, 3.8) is 0 Å². The van der Waals surface area contributed by atoms with Crippen molar-refractivity contribution in [2.45, 2.75) is 37.8 Å². The van der Waals surface area contributed by atoms with Crippen LogP contribution in [0, 0.1) is 0 Å². The SMILES string of the molecule is CN(C(=O)n1cnc(-c2ccncc2)c1)C1CCN(S(C)(=O)=O)CC1.CNC1CCN(S(C)(=O)=O)CC1.O=C(Oc1ccccc1)n1cnc(-c2ccncc2)c1. The Morgan fingerprint density at radius 1 is 0.702 bits per heavy atom. The number of hydrogen-bond donors (Lipinski definition) is 1. The topological polar surface area (TPSA) is 195 Å². The van der Waals surface area contributed by atoms with E-state index in [1.54, 1.807) is 77.7 Å². The fourth-order valence-electron chi connectivity index (χ4n) is 6.21. The maximum Gasteiger partial charge on any atom is 0.424 e. The van der Waals surface area contributed by atoms with Crippen molar-refractivity contribution >= 4 is 32.2 Å². The number of rotatable bonds is 7. The van der Waals surface area contributed by atoms with Gasteiger partial charge >= 0.3 is 12.1 Å². The Labute approximate surface area is 333 Å². The van der Waals surface area contributed by atoms with Gasteiger partial charge in [0.2, 0.25) is 20.0 Å².